The SMILES string of the molecule is O=CO[C@H]1Cc2ccccc2CN1. The van der Waals surface area contributed by atoms with Gasteiger partial charge in [-0.15, -0.1) is 0 Å². The summed E-state index contributed by atoms with van der Waals surface area (Å²) >= 11 is 0. The van der Waals surface area contributed by atoms with Gasteiger partial charge in [0.1, 0.15) is 0 Å². The lowest BCUT2D eigenvalue weighted by Crippen LogP contribution is -2.37. The van der Waals surface area contributed by atoms with Gasteiger partial charge in [-0.3, -0.25) is 10.1 Å². The number of carbonyl (C=O) groups is 1. The standard InChI is InChI=1S/C10H11NO2/c12-7-13-10-5-8-3-1-2-4-9(8)6-11-10/h1-4,7,10-11H,5-6H2/t10-/m0/s1. The summed E-state index contributed by atoms with van der Waals surface area (Å²) in [7, 11) is 0. The summed E-state index contributed by atoms with van der Waals surface area (Å²) in [5.41, 5.74) is 2.54. The molecule has 13 heavy (non-hydrogen) atoms. The topological polar surface area (TPSA) is 38.3 Å². The van der Waals surface area contributed by atoms with E-state index >= 15 is 0 Å². The summed E-state index contributed by atoms with van der Waals surface area (Å²) < 4.78 is 4.85. The molecule has 0 amide bonds. The minimum atomic E-state index is -0.160. The quantitative estimate of drug-likeness (QED) is 0.680. The Kier molecular flexibility index (Phi) is 2.27. The first kappa shape index (κ1) is 8.26. The third-order valence-corrected chi connectivity index (χ3v) is 2.26. The second-order valence-electron chi connectivity index (χ2n) is 3.07. The van der Waals surface area contributed by atoms with E-state index in [9.17, 15) is 4.79 Å². The van der Waals surface area contributed by atoms with Crippen molar-refractivity contribution >= 4 is 6.47 Å². The van der Waals surface area contributed by atoms with Gasteiger partial charge in [0.15, 0.2) is 6.23 Å². The average molecular weight is 177 g/mol. The molecule has 1 atom stereocenters. The van der Waals surface area contributed by atoms with E-state index in [0.29, 0.717) is 6.47 Å². The van der Waals surface area contributed by atoms with E-state index in [4.69, 9.17) is 4.74 Å². The van der Waals surface area contributed by atoms with Crippen molar-refractivity contribution in [1.29, 1.82) is 0 Å². The van der Waals surface area contributed by atoms with E-state index in [1.165, 1.54) is 11.1 Å². The van der Waals surface area contributed by atoms with Gasteiger partial charge < -0.3 is 4.74 Å². The van der Waals surface area contributed by atoms with Gasteiger partial charge in [-0.25, -0.2) is 0 Å². The fraction of sp³-hybridized carbons (Fsp3) is 0.300. The van der Waals surface area contributed by atoms with Crippen LogP contribution in [0.2, 0.25) is 0 Å². The van der Waals surface area contributed by atoms with Crippen molar-refractivity contribution in [2.24, 2.45) is 0 Å². The Hall–Kier alpha value is -1.35. The van der Waals surface area contributed by atoms with Crippen molar-refractivity contribution in [3.05, 3.63) is 35.4 Å². The third kappa shape index (κ3) is 1.70. The normalized spacial score (nSPS) is 20.5. The highest BCUT2D eigenvalue weighted by molar-refractivity contribution is 5.38. The van der Waals surface area contributed by atoms with Gasteiger partial charge in [-0.1, -0.05) is 24.3 Å². The van der Waals surface area contributed by atoms with Crippen LogP contribution in [0.25, 0.3) is 0 Å². The number of hydrogen-bond acceptors (Lipinski definition) is 3. The molecule has 3 nitrogen and oxygen atoms in total. The highest BCUT2D eigenvalue weighted by Gasteiger charge is 2.17. The van der Waals surface area contributed by atoms with E-state index in [2.05, 4.69) is 17.4 Å². The maximum absolute atomic E-state index is 10.1. The molecule has 0 spiro atoms. The van der Waals surface area contributed by atoms with Crippen molar-refractivity contribution in [1.82, 2.24) is 5.32 Å². The first-order valence-electron chi connectivity index (χ1n) is 4.29. The van der Waals surface area contributed by atoms with Gasteiger partial charge >= 0.3 is 0 Å². The third-order valence-electron chi connectivity index (χ3n) is 2.26. The monoisotopic (exact) mass is 177 g/mol. The molecule has 1 aromatic rings. The van der Waals surface area contributed by atoms with Crippen LogP contribution in [0.5, 0.6) is 0 Å². The Labute approximate surface area is 76.7 Å². The summed E-state index contributed by atoms with van der Waals surface area (Å²) in [5, 5.41) is 3.12. The number of nitrogens with one attached hydrogen (secondary N) is 1. The molecule has 0 saturated heterocycles. The fourth-order valence-corrected chi connectivity index (χ4v) is 1.59. The zero-order valence-corrected chi connectivity index (χ0v) is 7.19. The highest BCUT2D eigenvalue weighted by atomic mass is 16.5. The number of benzene rings is 1. The van der Waals surface area contributed by atoms with Gasteiger partial charge in [-0.2, -0.15) is 0 Å². The van der Waals surface area contributed by atoms with Crippen LogP contribution in [0.15, 0.2) is 24.3 Å². The largest absolute Gasteiger partial charge is 0.448 e. The molecule has 68 valence electrons. The molecule has 0 unspecified atom stereocenters. The lowest BCUT2D eigenvalue weighted by atomic mass is 10.0. The van der Waals surface area contributed by atoms with Gasteiger partial charge in [0.05, 0.1) is 0 Å². The minimum Gasteiger partial charge on any atom is -0.448 e. The van der Waals surface area contributed by atoms with Crippen molar-refractivity contribution in [3.8, 4) is 0 Å². The zero-order chi connectivity index (χ0) is 9.10. The predicted octanol–water partition coefficient (Wildman–Crippen LogP) is 0.831. The molecule has 0 saturated carbocycles. The van der Waals surface area contributed by atoms with Gasteiger partial charge in [0.25, 0.3) is 6.47 Å². The highest BCUT2D eigenvalue weighted by Crippen LogP contribution is 2.15. The molecule has 2 rings (SSSR count). The number of hydrogen-bond donors (Lipinski definition) is 1. The predicted molar refractivity (Wildman–Crippen MR) is 47.9 cm³/mol. The molecule has 3 heteroatoms. The molecule has 0 fully saturated rings. The minimum absolute atomic E-state index is 0.160. The Morgan fingerprint density at radius 3 is 2.92 bits per heavy atom. The van der Waals surface area contributed by atoms with Crippen molar-refractivity contribution in [2.45, 2.75) is 19.2 Å². The maximum Gasteiger partial charge on any atom is 0.294 e. The first-order valence-corrected chi connectivity index (χ1v) is 4.29. The lowest BCUT2D eigenvalue weighted by molar-refractivity contribution is -0.135. The molecule has 1 aliphatic heterocycles. The number of carbonyl (C=O) groups excluding carboxylic acids is 1. The summed E-state index contributed by atoms with van der Waals surface area (Å²) in [6, 6.07) is 8.17. The van der Waals surface area contributed by atoms with Crippen LogP contribution in [0.4, 0.5) is 0 Å². The summed E-state index contributed by atoms with van der Waals surface area (Å²) in [6.45, 7) is 1.26. The number of ether oxygens (including phenoxy) is 1. The summed E-state index contributed by atoms with van der Waals surface area (Å²) in [6.07, 6.45) is 0.599. The summed E-state index contributed by atoms with van der Waals surface area (Å²) in [5.74, 6) is 0. The van der Waals surface area contributed by atoms with Crippen molar-refractivity contribution in [3.63, 3.8) is 0 Å². The maximum atomic E-state index is 10.1. The Balaban J connectivity index is 2.15. The first-order chi connectivity index (χ1) is 6.40. The van der Waals surface area contributed by atoms with Gasteiger partial charge in [0, 0.05) is 13.0 Å². The Bertz CT molecular complexity index is 312. The molecule has 0 aliphatic carbocycles. The molecule has 0 aromatic heterocycles. The molecule has 1 N–H and O–H groups in total. The van der Waals surface area contributed by atoms with Crippen LogP contribution in [-0.2, 0) is 22.5 Å². The van der Waals surface area contributed by atoms with E-state index in [0.717, 1.165) is 13.0 Å². The van der Waals surface area contributed by atoms with Gasteiger partial charge in [0.2, 0.25) is 0 Å². The second kappa shape index (κ2) is 3.58. The van der Waals surface area contributed by atoms with E-state index in [-0.39, 0.29) is 6.23 Å². The van der Waals surface area contributed by atoms with Crippen LogP contribution < -0.4 is 5.32 Å². The van der Waals surface area contributed by atoms with Crippen LogP contribution in [0.3, 0.4) is 0 Å². The van der Waals surface area contributed by atoms with Crippen molar-refractivity contribution < 1.29 is 9.53 Å². The van der Waals surface area contributed by atoms with Crippen LogP contribution >= 0.6 is 0 Å². The zero-order valence-electron chi connectivity index (χ0n) is 7.19. The Morgan fingerprint density at radius 1 is 1.38 bits per heavy atom. The molecule has 1 aromatic carbocycles. The smallest absolute Gasteiger partial charge is 0.294 e. The van der Waals surface area contributed by atoms with Crippen LogP contribution in [0.1, 0.15) is 11.1 Å². The average Bonchev–Trinajstić information content (AvgIpc) is 2.18. The fourth-order valence-electron chi connectivity index (χ4n) is 1.59. The molecule has 0 bridgehead atoms. The molecular weight excluding hydrogens is 166 g/mol. The molecular formula is C10H11NO2. The lowest BCUT2D eigenvalue weighted by Gasteiger charge is -2.24. The Morgan fingerprint density at radius 2 is 2.15 bits per heavy atom. The van der Waals surface area contributed by atoms with E-state index < -0.39 is 0 Å². The number of rotatable bonds is 2. The molecule has 1 heterocycles. The summed E-state index contributed by atoms with van der Waals surface area (Å²) in [4.78, 5) is 10.1. The van der Waals surface area contributed by atoms with E-state index in [1.54, 1.807) is 0 Å². The van der Waals surface area contributed by atoms with Crippen LogP contribution in [-0.4, -0.2) is 12.7 Å². The van der Waals surface area contributed by atoms with E-state index in [1.807, 2.05) is 12.1 Å². The second-order valence-corrected chi connectivity index (χ2v) is 3.07. The van der Waals surface area contributed by atoms with Gasteiger partial charge in [-0.05, 0) is 11.1 Å². The molecule has 1 aliphatic rings. The molecule has 0 radical (unpaired) electrons. The van der Waals surface area contributed by atoms with Crippen molar-refractivity contribution in [2.75, 3.05) is 0 Å². The number of fused-ring (bicyclic) bond motifs is 1. The van der Waals surface area contributed by atoms with Crippen LogP contribution in [0, 0.1) is 0 Å².